The summed E-state index contributed by atoms with van der Waals surface area (Å²) in [5.41, 5.74) is 5.30. The van der Waals surface area contributed by atoms with Crippen LogP contribution < -0.4 is 11.1 Å². The van der Waals surface area contributed by atoms with Crippen molar-refractivity contribution in [1.82, 2.24) is 5.32 Å². The Balaban J connectivity index is 4.60. The normalized spacial score (nSPS) is 15.9. The number of carbonyl (C=O) groups excluding carboxylic acids is 1. The second-order valence-corrected chi connectivity index (χ2v) is 11.6. The number of rotatable bonds is 27. The van der Waals surface area contributed by atoms with Crippen LogP contribution in [0, 0.1) is 0 Å². The van der Waals surface area contributed by atoms with Crippen molar-refractivity contribution in [2.75, 3.05) is 19.8 Å². The predicted molar refractivity (Wildman–Crippen MR) is 158 cm³/mol. The molecular formula is C29H57N2O7P. The van der Waals surface area contributed by atoms with Gasteiger partial charge in [-0.3, -0.25) is 13.8 Å². The summed E-state index contributed by atoms with van der Waals surface area (Å²) in [5, 5.41) is 23.6. The molecule has 9 nitrogen and oxygen atoms in total. The van der Waals surface area contributed by atoms with Gasteiger partial charge in [-0.1, -0.05) is 89.5 Å². The van der Waals surface area contributed by atoms with Crippen molar-refractivity contribution in [3.8, 4) is 0 Å². The van der Waals surface area contributed by atoms with E-state index in [0.29, 0.717) is 6.42 Å². The van der Waals surface area contributed by atoms with Gasteiger partial charge in [0, 0.05) is 6.54 Å². The number of allylic oxidation sites excluding steroid dienone is 3. The lowest BCUT2D eigenvalue weighted by molar-refractivity contribution is -0.124. The van der Waals surface area contributed by atoms with Gasteiger partial charge in [-0.2, -0.15) is 0 Å². The van der Waals surface area contributed by atoms with Crippen molar-refractivity contribution in [2.45, 2.75) is 135 Å². The van der Waals surface area contributed by atoms with Gasteiger partial charge in [-0.25, -0.2) is 4.57 Å². The molecule has 0 aromatic carbocycles. The molecule has 0 saturated heterocycles. The summed E-state index contributed by atoms with van der Waals surface area (Å²) in [4.78, 5) is 22.4. The molecule has 4 atom stereocenters. The molecule has 10 heteroatoms. The number of carbonyl (C=O) groups is 1. The Morgan fingerprint density at radius 3 is 2.08 bits per heavy atom. The van der Waals surface area contributed by atoms with E-state index in [-0.39, 0.29) is 19.6 Å². The van der Waals surface area contributed by atoms with Crippen LogP contribution in [0.25, 0.3) is 0 Å². The van der Waals surface area contributed by atoms with E-state index in [2.05, 4.69) is 31.3 Å². The Bertz CT molecular complexity index is 691. The number of unbranched alkanes of at least 4 members (excludes halogenated alkanes) is 11. The molecule has 0 aliphatic carbocycles. The van der Waals surface area contributed by atoms with Gasteiger partial charge >= 0.3 is 7.82 Å². The zero-order chi connectivity index (χ0) is 29.2. The maximum atomic E-state index is 12.6. The molecule has 0 aromatic rings. The van der Waals surface area contributed by atoms with Gasteiger partial charge in [0.25, 0.3) is 0 Å². The third kappa shape index (κ3) is 24.5. The van der Waals surface area contributed by atoms with E-state index in [0.717, 1.165) is 51.4 Å². The number of amides is 1. The van der Waals surface area contributed by atoms with E-state index in [1.54, 1.807) is 6.08 Å². The van der Waals surface area contributed by atoms with Gasteiger partial charge in [0.2, 0.25) is 5.91 Å². The third-order valence-electron chi connectivity index (χ3n) is 6.33. The highest BCUT2D eigenvalue weighted by atomic mass is 31.2. The van der Waals surface area contributed by atoms with Crippen LogP contribution in [0.3, 0.4) is 0 Å². The molecule has 0 aliphatic heterocycles. The van der Waals surface area contributed by atoms with Crippen molar-refractivity contribution < 1.29 is 33.5 Å². The Morgan fingerprint density at radius 1 is 0.872 bits per heavy atom. The summed E-state index contributed by atoms with van der Waals surface area (Å²) >= 11 is 0. The van der Waals surface area contributed by atoms with Crippen molar-refractivity contribution in [3.63, 3.8) is 0 Å². The van der Waals surface area contributed by atoms with E-state index in [4.69, 9.17) is 14.8 Å². The van der Waals surface area contributed by atoms with Crippen LogP contribution in [-0.2, 0) is 18.4 Å². The second-order valence-electron chi connectivity index (χ2n) is 10.1. The molecule has 4 unspecified atom stereocenters. The van der Waals surface area contributed by atoms with E-state index < -0.39 is 38.6 Å². The van der Waals surface area contributed by atoms with Gasteiger partial charge < -0.3 is 26.2 Å². The maximum Gasteiger partial charge on any atom is 0.472 e. The van der Waals surface area contributed by atoms with E-state index in [1.165, 1.54) is 38.5 Å². The standard InChI is InChI=1S/C29H57N2O7P/c1-3-5-7-9-11-12-13-15-16-18-20-26(32)24-29(34)31-27(25-38-39(35,36)37-23-22-30)28(33)21-19-17-14-10-8-6-4-2/h11-12,19,21,26-28,32-33H,3-10,13-18,20,22-25,30H2,1-2H3,(H,31,34)(H,35,36)/b12-11-,21-19+. The molecule has 39 heavy (non-hydrogen) atoms. The van der Waals surface area contributed by atoms with Crippen LogP contribution in [0.15, 0.2) is 24.3 Å². The minimum atomic E-state index is -4.38. The molecule has 1 amide bonds. The quantitative estimate of drug-likeness (QED) is 0.0476. The van der Waals surface area contributed by atoms with Gasteiger partial charge in [0.05, 0.1) is 37.9 Å². The summed E-state index contributed by atoms with van der Waals surface area (Å²) in [7, 11) is -4.38. The van der Waals surface area contributed by atoms with Gasteiger partial charge in [0.1, 0.15) is 0 Å². The Kier molecular flexibility index (Phi) is 25.2. The molecule has 0 bridgehead atoms. The van der Waals surface area contributed by atoms with E-state index in [9.17, 15) is 24.5 Å². The third-order valence-corrected chi connectivity index (χ3v) is 7.31. The lowest BCUT2D eigenvalue weighted by Crippen LogP contribution is -2.46. The fourth-order valence-electron chi connectivity index (χ4n) is 3.99. The number of hydrogen-bond acceptors (Lipinski definition) is 7. The number of phosphoric acid groups is 1. The Morgan fingerprint density at radius 2 is 1.44 bits per heavy atom. The van der Waals surface area contributed by atoms with Crippen molar-refractivity contribution in [2.24, 2.45) is 5.73 Å². The van der Waals surface area contributed by atoms with E-state index >= 15 is 0 Å². The van der Waals surface area contributed by atoms with Crippen LogP contribution in [-0.4, -0.2) is 59.0 Å². The summed E-state index contributed by atoms with van der Waals surface area (Å²) in [6, 6.07) is -0.980. The first kappa shape index (κ1) is 37.9. The minimum absolute atomic E-state index is 0.0470. The summed E-state index contributed by atoms with van der Waals surface area (Å²) in [6.07, 6.45) is 21.5. The summed E-state index contributed by atoms with van der Waals surface area (Å²) in [6.45, 7) is 3.81. The number of hydrogen-bond donors (Lipinski definition) is 5. The number of phosphoric ester groups is 1. The first-order chi connectivity index (χ1) is 18.8. The molecule has 0 heterocycles. The van der Waals surface area contributed by atoms with Crippen LogP contribution in [0.4, 0.5) is 0 Å². The highest BCUT2D eigenvalue weighted by Gasteiger charge is 2.27. The Labute approximate surface area is 237 Å². The van der Waals surface area contributed by atoms with E-state index in [1.807, 2.05) is 6.08 Å². The molecule has 0 spiro atoms. The molecule has 0 fully saturated rings. The number of aliphatic hydroxyl groups is 2. The molecule has 230 valence electrons. The zero-order valence-electron chi connectivity index (χ0n) is 24.5. The number of nitrogens with two attached hydrogens (primary N) is 1. The van der Waals surface area contributed by atoms with Gasteiger partial charge in [-0.15, -0.1) is 0 Å². The second kappa shape index (κ2) is 25.9. The lowest BCUT2D eigenvalue weighted by Gasteiger charge is -2.24. The van der Waals surface area contributed by atoms with Gasteiger partial charge in [-0.05, 0) is 44.9 Å². The summed E-state index contributed by atoms with van der Waals surface area (Å²) < 4.78 is 21.7. The van der Waals surface area contributed by atoms with Crippen LogP contribution >= 0.6 is 7.82 Å². The predicted octanol–water partition coefficient (Wildman–Crippen LogP) is 5.68. The molecule has 0 rings (SSSR count). The molecule has 0 aliphatic rings. The zero-order valence-corrected chi connectivity index (χ0v) is 25.4. The van der Waals surface area contributed by atoms with Crippen LogP contribution in [0.1, 0.15) is 117 Å². The molecule has 6 N–H and O–H groups in total. The first-order valence-corrected chi connectivity index (χ1v) is 16.5. The van der Waals surface area contributed by atoms with Crippen LogP contribution in [0.5, 0.6) is 0 Å². The average molecular weight is 577 g/mol. The first-order valence-electron chi connectivity index (χ1n) is 15.0. The molecule has 0 saturated carbocycles. The van der Waals surface area contributed by atoms with Crippen molar-refractivity contribution in [1.29, 1.82) is 0 Å². The van der Waals surface area contributed by atoms with Crippen molar-refractivity contribution in [3.05, 3.63) is 24.3 Å². The SMILES string of the molecule is CCCCC/C=C\CCCCCC(O)CC(=O)NC(COP(=O)(O)OCCN)C(O)/C=C/CCCCCCC. The largest absolute Gasteiger partial charge is 0.472 e. The lowest BCUT2D eigenvalue weighted by atomic mass is 10.1. The number of aliphatic hydroxyl groups excluding tert-OH is 2. The Hall–Kier alpha value is -1.06. The topological polar surface area (TPSA) is 151 Å². The molecule has 0 radical (unpaired) electrons. The average Bonchev–Trinajstić information content (AvgIpc) is 2.90. The monoisotopic (exact) mass is 576 g/mol. The summed E-state index contributed by atoms with van der Waals surface area (Å²) in [5.74, 6) is -0.464. The fourth-order valence-corrected chi connectivity index (χ4v) is 4.75. The molecule has 0 aromatic heterocycles. The minimum Gasteiger partial charge on any atom is -0.393 e. The van der Waals surface area contributed by atoms with Gasteiger partial charge in [0.15, 0.2) is 0 Å². The fraction of sp³-hybridized carbons (Fsp3) is 0.828. The van der Waals surface area contributed by atoms with Crippen molar-refractivity contribution >= 4 is 13.7 Å². The number of nitrogens with one attached hydrogen (secondary N) is 1. The highest BCUT2D eigenvalue weighted by molar-refractivity contribution is 7.47. The smallest absolute Gasteiger partial charge is 0.393 e. The highest BCUT2D eigenvalue weighted by Crippen LogP contribution is 2.43. The molecular weight excluding hydrogens is 519 g/mol. The van der Waals surface area contributed by atoms with Crippen LogP contribution in [0.2, 0.25) is 0 Å². The maximum absolute atomic E-state index is 12.6.